The van der Waals surface area contributed by atoms with E-state index in [1.54, 1.807) is 31.4 Å². The average Bonchev–Trinajstić information content (AvgIpc) is 2.44. The molecule has 0 unspecified atom stereocenters. The molecular formula is C14H9Cl3O3. The highest BCUT2D eigenvalue weighted by molar-refractivity contribution is 6.43. The maximum Gasteiger partial charge on any atom is 0.343 e. The quantitative estimate of drug-likeness (QED) is 0.457. The summed E-state index contributed by atoms with van der Waals surface area (Å²) in [5.74, 6) is 0.254. The molecule has 0 atom stereocenters. The van der Waals surface area contributed by atoms with Crippen LogP contribution in [0.25, 0.3) is 0 Å². The van der Waals surface area contributed by atoms with Crippen molar-refractivity contribution in [3.05, 3.63) is 57.0 Å². The zero-order valence-corrected chi connectivity index (χ0v) is 12.6. The second-order valence-electron chi connectivity index (χ2n) is 3.81. The average molecular weight is 332 g/mol. The Morgan fingerprint density at radius 3 is 2.15 bits per heavy atom. The molecule has 0 amide bonds. The van der Waals surface area contributed by atoms with Crippen molar-refractivity contribution < 1.29 is 14.3 Å². The molecule has 0 saturated carbocycles. The van der Waals surface area contributed by atoms with Gasteiger partial charge in [0.15, 0.2) is 5.75 Å². The number of benzene rings is 2. The Labute approximate surface area is 131 Å². The highest BCUT2D eigenvalue weighted by Gasteiger charge is 2.13. The maximum atomic E-state index is 12.0. The number of carbonyl (C=O) groups excluding carboxylic acids is 1. The summed E-state index contributed by atoms with van der Waals surface area (Å²) in [6, 6.07) is 9.31. The van der Waals surface area contributed by atoms with Crippen molar-refractivity contribution in [2.24, 2.45) is 0 Å². The standard InChI is InChI=1S/C14H9Cl3O3/c1-19-9-4-2-8(3-5-9)14(18)20-13-7-11(16)10(15)6-12(13)17/h2-7H,1H3. The summed E-state index contributed by atoms with van der Waals surface area (Å²) in [6.07, 6.45) is 0. The number of methoxy groups -OCH3 is 1. The normalized spacial score (nSPS) is 10.2. The molecule has 0 bridgehead atoms. The van der Waals surface area contributed by atoms with Gasteiger partial charge in [0.05, 0.1) is 27.7 Å². The fourth-order valence-corrected chi connectivity index (χ4v) is 2.04. The lowest BCUT2D eigenvalue weighted by atomic mass is 10.2. The zero-order chi connectivity index (χ0) is 14.7. The molecule has 2 aromatic carbocycles. The second kappa shape index (κ2) is 6.35. The van der Waals surface area contributed by atoms with E-state index in [0.29, 0.717) is 16.3 Å². The molecule has 6 heteroatoms. The van der Waals surface area contributed by atoms with Gasteiger partial charge in [-0.2, -0.15) is 0 Å². The number of hydrogen-bond donors (Lipinski definition) is 0. The predicted octanol–water partition coefficient (Wildman–Crippen LogP) is 4.87. The van der Waals surface area contributed by atoms with Crippen LogP contribution in [0.1, 0.15) is 10.4 Å². The van der Waals surface area contributed by atoms with Crippen molar-refractivity contribution in [1.29, 1.82) is 0 Å². The first-order valence-corrected chi connectivity index (χ1v) is 6.65. The van der Waals surface area contributed by atoms with Crippen LogP contribution in [0.4, 0.5) is 0 Å². The van der Waals surface area contributed by atoms with E-state index in [4.69, 9.17) is 44.3 Å². The molecule has 0 fully saturated rings. The van der Waals surface area contributed by atoms with Crippen molar-refractivity contribution >= 4 is 40.8 Å². The van der Waals surface area contributed by atoms with Gasteiger partial charge in [-0.05, 0) is 30.3 Å². The van der Waals surface area contributed by atoms with Crippen LogP contribution in [-0.2, 0) is 0 Å². The van der Waals surface area contributed by atoms with E-state index in [0.717, 1.165) is 0 Å². The minimum Gasteiger partial charge on any atom is -0.497 e. The fourth-order valence-electron chi connectivity index (χ4n) is 1.47. The van der Waals surface area contributed by atoms with E-state index in [1.165, 1.54) is 12.1 Å². The summed E-state index contributed by atoms with van der Waals surface area (Å²) in [5, 5.41) is 0.760. The first kappa shape index (κ1) is 15.0. The summed E-state index contributed by atoms with van der Waals surface area (Å²) < 4.78 is 10.2. The minimum atomic E-state index is -0.548. The molecule has 0 aliphatic carbocycles. The lowest BCUT2D eigenvalue weighted by Crippen LogP contribution is -2.08. The lowest BCUT2D eigenvalue weighted by Gasteiger charge is -2.08. The van der Waals surface area contributed by atoms with E-state index in [9.17, 15) is 4.79 Å². The van der Waals surface area contributed by atoms with Crippen LogP contribution in [0.5, 0.6) is 11.5 Å². The summed E-state index contributed by atoms with van der Waals surface area (Å²) in [6.45, 7) is 0. The zero-order valence-electron chi connectivity index (χ0n) is 10.3. The highest BCUT2D eigenvalue weighted by Crippen LogP contribution is 2.34. The van der Waals surface area contributed by atoms with E-state index >= 15 is 0 Å². The molecule has 20 heavy (non-hydrogen) atoms. The largest absolute Gasteiger partial charge is 0.497 e. The van der Waals surface area contributed by atoms with E-state index in [1.807, 2.05) is 0 Å². The fraction of sp³-hybridized carbons (Fsp3) is 0.0714. The molecule has 2 aromatic rings. The Morgan fingerprint density at radius 1 is 0.950 bits per heavy atom. The Balaban J connectivity index is 2.20. The summed E-state index contributed by atoms with van der Waals surface area (Å²) in [7, 11) is 1.54. The van der Waals surface area contributed by atoms with Gasteiger partial charge in [0.2, 0.25) is 0 Å². The van der Waals surface area contributed by atoms with Gasteiger partial charge in [-0.1, -0.05) is 34.8 Å². The van der Waals surface area contributed by atoms with Crippen molar-refractivity contribution in [1.82, 2.24) is 0 Å². The van der Waals surface area contributed by atoms with Gasteiger partial charge >= 0.3 is 5.97 Å². The Bertz CT molecular complexity index is 639. The van der Waals surface area contributed by atoms with Crippen LogP contribution in [0.3, 0.4) is 0 Å². The number of halogens is 3. The van der Waals surface area contributed by atoms with E-state index < -0.39 is 5.97 Å². The van der Waals surface area contributed by atoms with Crippen molar-refractivity contribution in [2.75, 3.05) is 7.11 Å². The van der Waals surface area contributed by atoms with Crippen LogP contribution >= 0.6 is 34.8 Å². The van der Waals surface area contributed by atoms with Crippen molar-refractivity contribution in [3.63, 3.8) is 0 Å². The highest BCUT2D eigenvalue weighted by atomic mass is 35.5. The molecule has 0 heterocycles. The molecule has 0 saturated heterocycles. The predicted molar refractivity (Wildman–Crippen MR) is 79.4 cm³/mol. The van der Waals surface area contributed by atoms with Gasteiger partial charge in [-0.25, -0.2) is 4.79 Å². The molecule has 0 N–H and O–H groups in total. The van der Waals surface area contributed by atoms with E-state index in [2.05, 4.69) is 0 Å². The molecule has 0 aromatic heterocycles. The number of ether oxygens (including phenoxy) is 2. The van der Waals surface area contributed by atoms with Crippen LogP contribution in [-0.4, -0.2) is 13.1 Å². The van der Waals surface area contributed by atoms with Gasteiger partial charge in [0.25, 0.3) is 0 Å². The molecule has 0 spiro atoms. The number of rotatable bonds is 3. The van der Waals surface area contributed by atoms with Crippen molar-refractivity contribution in [2.45, 2.75) is 0 Å². The molecule has 0 aliphatic rings. The molecule has 0 aliphatic heterocycles. The molecule has 2 rings (SSSR count). The third-order valence-electron chi connectivity index (χ3n) is 2.50. The molecule has 3 nitrogen and oxygen atoms in total. The Morgan fingerprint density at radius 2 is 1.55 bits per heavy atom. The number of hydrogen-bond acceptors (Lipinski definition) is 3. The van der Waals surface area contributed by atoms with Crippen LogP contribution in [0.2, 0.25) is 15.1 Å². The van der Waals surface area contributed by atoms with Gasteiger partial charge in [0, 0.05) is 6.07 Å². The summed E-state index contributed by atoms with van der Waals surface area (Å²) in [5.41, 5.74) is 0.368. The molecule has 104 valence electrons. The molecular weight excluding hydrogens is 323 g/mol. The number of esters is 1. The van der Waals surface area contributed by atoms with Crippen molar-refractivity contribution in [3.8, 4) is 11.5 Å². The monoisotopic (exact) mass is 330 g/mol. The summed E-state index contributed by atoms with van der Waals surface area (Å²) in [4.78, 5) is 12.0. The topological polar surface area (TPSA) is 35.5 Å². The van der Waals surface area contributed by atoms with Gasteiger partial charge in [-0.15, -0.1) is 0 Å². The van der Waals surface area contributed by atoms with Gasteiger partial charge < -0.3 is 9.47 Å². The molecule has 0 radical (unpaired) electrons. The first-order chi connectivity index (χ1) is 9.51. The van der Waals surface area contributed by atoms with Gasteiger partial charge in [0.1, 0.15) is 5.75 Å². The third kappa shape index (κ3) is 3.37. The third-order valence-corrected chi connectivity index (χ3v) is 3.52. The summed E-state index contributed by atoms with van der Waals surface area (Å²) >= 11 is 17.6. The Kier molecular flexibility index (Phi) is 4.76. The van der Waals surface area contributed by atoms with Crippen LogP contribution in [0.15, 0.2) is 36.4 Å². The maximum absolute atomic E-state index is 12.0. The minimum absolute atomic E-state index is 0.155. The number of carbonyl (C=O) groups is 1. The Hall–Kier alpha value is -1.42. The second-order valence-corrected chi connectivity index (χ2v) is 5.04. The van der Waals surface area contributed by atoms with Crippen LogP contribution in [0, 0.1) is 0 Å². The SMILES string of the molecule is COc1ccc(C(=O)Oc2cc(Cl)c(Cl)cc2Cl)cc1. The smallest absolute Gasteiger partial charge is 0.343 e. The first-order valence-electron chi connectivity index (χ1n) is 5.52. The lowest BCUT2D eigenvalue weighted by molar-refractivity contribution is 0.0735. The van der Waals surface area contributed by atoms with Crippen LogP contribution < -0.4 is 9.47 Å². The van der Waals surface area contributed by atoms with Gasteiger partial charge in [-0.3, -0.25) is 0 Å². The van der Waals surface area contributed by atoms with E-state index in [-0.39, 0.29) is 15.8 Å².